The summed E-state index contributed by atoms with van der Waals surface area (Å²) < 4.78 is 0. The Morgan fingerprint density at radius 3 is 2.15 bits per heavy atom. The molecule has 0 aromatic carbocycles. The Bertz CT molecular complexity index is 436. The molecule has 0 spiro atoms. The molecule has 0 aromatic rings. The Hall–Kier alpha value is -2.10. The van der Waals surface area contributed by atoms with Crippen molar-refractivity contribution in [2.24, 2.45) is 0 Å². The number of carbonyl (C=O) groups excluding carboxylic acids is 5. The highest BCUT2D eigenvalue weighted by Gasteiger charge is 2.32. The second kappa shape index (κ2) is 7.48. The van der Waals surface area contributed by atoms with Crippen molar-refractivity contribution >= 4 is 42.2 Å². The zero-order valence-corrected chi connectivity index (χ0v) is 11.3. The van der Waals surface area contributed by atoms with E-state index in [1.165, 1.54) is 0 Å². The molecule has 110 valence electrons. The summed E-state index contributed by atoms with van der Waals surface area (Å²) in [5.41, 5.74) is 0. The number of nitrogens with zero attached hydrogens (tertiary/aromatic N) is 1. The van der Waals surface area contributed by atoms with Crippen LogP contribution in [0.25, 0.3) is 0 Å². The van der Waals surface area contributed by atoms with E-state index < -0.39 is 36.1 Å². The molecule has 1 aliphatic heterocycles. The summed E-state index contributed by atoms with van der Waals surface area (Å²) in [6, 6.07) is 0. The number of nitrogens with one attached hydrogen (secondary N) is 2. The fourth-order valence-corrected chi connectivity index (χ4v) is 1.37. The van der Waals surface area contributed by atoms with E-state index in [0.29, 0.717) is 5.06 Å². The molecule has 2 N–H and O–H groups in total. The number of thiol groups is 1. The van der Waals surface area contributed by atoms with Gasteiger partial charge < -0.3 is 15.5 Å². The molecule has 1 heterocycles. The van der Waals surface area contributed by atoms with Crippen LogP contribution in [-0.4, -0.2) is 53.5 Å². The number of amides is 4. The van der Waals surface area contributed by atoms with Gasteiger partial charge in [0.1, 0.15) is 6.54 Å². The molecule has 10 heteroatoms. The van der Waals surface area contributed by atoms with Crippen molar-refractivity contribution in [1.82, 2.24) is 15.7 Å². The summed E-state index contributed by atoms with van der Waals surface area (Å²) in [7, 11) is 0. The van der Waals surface area contributed by atoms with Crippen LogP contribution in [0.2, 0.25) is 0 Å². The molecule has 9 nitrogen and oxygen atoms in total. The molecule has 0 aromatic heterocycles. The van der Waals surface area contributed by atoms with E-state index in [9.17, 15) is 24.0 Å². The quantitative estimate of drug-likeness (QED) is 0.376. The Balaban J connectivity index is 2.26. The van der Waals surface area contributed by atoms with Crippen LogP contribution in [0.4, 0.5) is 0 Å². The van der Waals surface area contributed by atoms with Crippen molar-refractivity contribution in [2.45, 2.75) is 12.8 Å². The summed E-state index contributed by atoms with van der Waals surface area (Å²) in [6.07, 6.45) is -0.0114. The molecule has 0 saturated carbocycles. The SMILES string of the molecule is O=C(CS)NCC(=O)NCC(=O)ON1C(=O)CCC1=O. The molecule has 1 rings (SSSR count). The first-order chi connectivity index (χ1) is 9.43. The van der Waals surface area contributed by atoms with Crippen LogP contribution < -0.4 is 10.6 Å². The van der Waals surface area contributed by atoms with Crippen LogP contribution in [-0.2, 0) is 28.8 Å². The zero-order chi connectivity index (χ0) is 15.1. The van der Waals surface area contributed by atoms with Gasteiger partial charge >= 0.3 is 5.97 Å². The van der Waals surface area contributed by atoms with Crippen molar-refractivity contribution in [2.75, 3.05) is 18.8 Å². The van der Waals surface area contributed by atoms with Gasteiger partial charge in [0, 0.05) is 12.8 Å². The Morgan fingerprint density at radius 2 is 1.60 bits per heavy atom. The molecule has 0 bridgehead atoms. The minimum absolute atomic E-state index is 0.00572. The normalized spacial score (nSPS) is 14.2. The van der Waals surface area contributed by atoms with Crippen LogP contribution >= 0.6 is 12.6 Å². The third-order valence-electron chi connectivity index (χ3n) is 2.22. The fourth-order valence-electron chi connectivity index (χ4n) is 1.26. The van der Waals surface area contributed by atoms with Gasteiger partial charge in [0.25, 0.3) is 11.8 Å². The lowest BCUT2D eigenvalue weighted by Crippen LogP contribution is -2.41. The Labute approximate surface area is 119 Å². The lowest BCUT2D eigenvalue weighted by molar-refractivity contribution is -0.196. The first-order valence-electron chi connectivity index (χ1n) is 5.65. The first kappa shape index (κ1) is 16.0. The number of hydroxylamine groups is 2. The number of hydrogen-bond donors (Lipinski definition) is 3. The van der Waals surface area contributed by atoms with Crippen molar-refractivity contribution < 1.29 is 28.8 Å². The van der Waals surface area contributed by atoms with Gasteiger partial charge in [0.05, 0.1) is 12.3 Å². The summed E-state index contributed by atoms with van der Waals surface area (Å²) in [4.78, 5) is 60.2. The molecule has 1 fully saturated rings. The second-order valence-corrected chi connectivity index (χ2v) is 4.07. The van der Waals surface area contributed by atoms with Gasteiger partial charge in [-0.3, -0.25) is 19.2 Å². The topological polar surface area (TPSA) is 122 Å². The Kier molecular flexibility index (Phi) is 5.97. The maximum atomic E-state index is 11.3. The average molecular weight is 303 g/mol. The first-order valence-corrected chi connectivity index (χ1v) is 6.28. The molecular formula is C10H13N3O6S. The number of rotatable bonds is 6. The lowest BCUT2D eigenvalue weighted by atomic mass is 10.4. The third kappa shape index (κ3) is 4.88. The largest absolute Gasteiger partial charge is 0.352 e. The van der Waals surface area contributed by atoms with E-state index >= 15 is 0 Å². The summed E-state index contributed by atoms with van der Waals surface area (Å²) in [5.74, 6) is -3.27. The molecule has 1 aliphatic rings. The molecule has 0 unspecified atom stereocenters. The highest BCUT2D eigenvalue weighted by atomic mass is 32.1. The Morgan fingerprint density at radius 1 is 1.05 bits per heavy atom. The van der Waals surface area contributed by atoms with E-state index in [2.05, 4.69) is 28.1 Å². The van der Waals surface area contributed by atoms with Crippen molar-refractivity contribution in [3.63, 3.8) is 0 Å². The summed E-state index contributed by atoms with van der Waals surface area (Å²) in [5, 5.41) is 4.79. The van der Waals surface area contributed by atoms with Crippen molar-refractivity contribution in [1.29, 1.82) is 0 Å². The van der Waals surface area contributed by atoms with Crippen LogP contribution in [0, 0.1) is 0 Å². The van der Waals surface area contributed by atoms with Crippen LogP contribution in [0.3, 0.4) is 0 Å². The van der Waals surface area contributed by atoms with E-state index in [0.717, 1.165) is 0 Å². The second-order valence-electron chi connectivity index (χ2n) is 3.76. The maximum Gasteiger partial charge on any atom is 0.352 e. The van der Waals surface area contributed by atoms with Gasteiger partial charge in [-0.1, -0.05) is 0 Å². The van der Waals surface area contributed by atoms with E-state index in [1.54, 1.807) is 0 Å². The van der Waals surface area contributed by atoms with Gasteiger partial charge in [-0.05, 0) is 0 Å². The minimum Gasteiger partial charge on any atom is -0.346 e. The van der Waals surface area contributed by atoms with E-state index in [1.807, 2.05) is 0 Å². The number of carbonyl (C=O) groups is 5. The minimum atomic E-state index is -0.956. The smallest absolute Gasteiger partial charge is 0.346 e. The van der Waals surface area contributed by atoms with Gasteiger partial charge in [0.2, 0.25) is 11.8 Å². The number of imide groups is 1. The fraction of sp³-hybridized carbons (Fsp3) is 0.500. The monoisotopic (exact) mass is 303 g/mol. The average Bonchev–Trinajstić information content (AvgIpc) is 2.74. The lowest BCUT2D eigenvalue weighted by Gasteiger charge is -2.12. The summed E-state index contributed by atoms with van der Waals surface area (Å²) in [6.45, 7) is -0.832. The van der Waals surface area contributed by atoms with E-state index in [4.69, 9.17) is 0 Å². The number of hydrogen-bond acceptors (Lipinski definition) is 7. The third-order valence-corrected chi connectivity index (χ3v) is 2.51. The molecule has 1 saturated heterocycles. The van der Waals surface area contributed by atoms with Gasteiger partial charge in [-0.25, -0.2) is 4.79 Å². The predicted octanol–water partition coefficient (Wildman–Crippen LogP) is -2.24. The van der Waals surface area contributed by atoms with Crippen LogP contribution in [0.1, 0.15) is 12.8 Å². The predicted molar refractivity (Wildman–Crippen MR) is 67.1 cm³/mol. The highest BCUT2D eigenvalue weighted by Crippen LogP contribution is 2.11. The standard InChI is InChI=1S/C10H13N3O6S/c14-6(3-11-7(15)5-20)12-4-10(18)19-13-8(16)1-2-9(13)17/h20H,1-5H2,(H,11,15)(H,12,14). The van der Waals surface area contributed by atoms with Gasteiger partial charge in [-0.2, -0.15) is 12.6 Å². The van der Waals surface area contributed by atoms with Crippen molar-refractivity contribution in [3.8, 4) is 0 Å². The van der Waals surface area contributed by atoms with Crippen LogP contribution in [0.15, 0.2) is 0 Å². The maximum absolute atomic E-state index is 11.3. The van der Waals surface area contributed by atoms with Gasteiger partial charge in [-0.15, -0.1) is 5.06 Å². The molecule has 4 amide bonds. The van der Waals surface area contributed by atoms with Crippen molar-refractivity contribution in [3.05, 3.63) is 0 Å². The molecule has 0 atom stereocenters. The highest BCUT2D eigenvalue weighted by molar-refractivity contribution is 7.81. The zero-order valence-electron chi connectivity index (χ0n) is 10.4. The molecular weight excluding hydrogens is 290 g/mol. The van der Waals surface area contributed by atoms with E-state index in [-0.39, 0.29) is 25.1 Å². The summed E-state index contributed by atoms with van der Waals surface area (Å²) >= 11 is 3.70. The molecule has 0 radical (unpaired) electrons. The molecule has 20 heavy (non-hydrogen) atoms. The van der Waals surface area contributed by atoms with Crippen LogP contribution in [0.5, 0.6) is 0 Å². The van der Waals surface area contributed by atoms with Gasteiger partial charge in [0.15, 0.2) is 0 Å². The molecule has 0 aliphatic carbocycles.